The highest BCUT2D eigenvalue weighted by atomic mass is 19.4. The predicted octanol–water partition coefficient (Wildman–Crippen LogP) is 3.27. The zero-order chi connectivity index (χ0) is 13.9. The number of hydrogen-bond acceptors (Lipinski definition) is 2. The SMILES string of the molecule is OCC(NC1CCCC1)c1ccccc1C(F)(F)F. The second-order valence-electron chi connectivity index (χ2n) is 4.97. The van der Waals surface area contributed by atoms with Crippen molar-refractivity contribution in [1.29, 1.82) is 0 Å². The number of rotatable bonds is 4. The summed E-state index contributed by atoms with van der Waals surface area (Å²) in [6, 6.07) is 5.00. The van der Waals surface area contributed by atoms with Gasteiger partial charge in [-0.3, -0.25) is 0 Å². The highest BCUT2D eigenvalue weighted by Gasteiger charge is 2.35. The van der Waals surface area contributed by atoms with Crippen molar-refractivity contribution in [2.75, 3.05) is 6.61 Å². The molecule has 0 amide bonds. The Kier molecular flexibility index (Phi) is 4.47. The molecular formula is C14H18F3NO. The van der Waals surface area contributed by atoms with Crippen LogP contribution in [0, 0.1) is 0 Å². The molecule has 2 nitrogen and oxygen atoms in total. The summed E-state index contributed by atoms with van der Waals surface area (Å²) in [7, 11) is 0. The van der Waals surface area contributed by atoms with Crippen LogP contribution in [0.4, 0.5) is 13.2 Å². The van der Waals surface area contributed by atoms with Crippen LogP contribution in [0.1, 0.15) is 42.9 Å². The Morgan fingerprint density at radius 3 is 2.42 bits per heavy atom. The van der Waals surface area contributed by atoms with Gasteiger partial charge in [0.1, 0.15) is 0 Å². The van der Waals surface area contributed by atoms with Gasteiger partial charge in [0.2, 0.25) is 0 Å². The first-order chi connectivity index (χ1) is 9.02. The molecule has 1 aromatic carbocycles. The van der Waals surface area contributed by atoms with E-state index < -0.39 is 17.8 Å². The van der Waals surface area contributed by atoms with Crippen molar-refractivity contribution >= 4 is 0 Å². The van der Waals surface area contributed by atoms with E-state index in [2.05, 4.69) is 5.32 Å². The van der Waals surface area contributed by atoms with Crippen LogP contribution in [-0.4, -0.2) is 17.8 Å². The maximum atomic E-state index is 12.9. The van der Waals surface area contributed by atoms with Crippen molar-refractivity contribution in [2.45, 2.75) is 43.9 Å². The van der Waals surface area contributed by atoms with Crippen molar-refractivity contribution in [3.8, 4) is 0 Å². The van der Waals surface area contributed by atoms with Gasteiger partial charge in [0, 0.05) is 6.04 Å². The van der Waals surface area contributed by atoms with Crippen LogP contribution in [0.3, 0.4) is 0 Å². The fourth-order valence-electron chi connectivity index (χ4n) is 2.68. The first-order valence-corrected chi connectivity index (χ1v) is 6.55. The van der Waals surface area contributed by atoms with Crippen LogP contribution < -0.4 is 5.32 Å². The van der Waals surface area contributed by atoms with E-state index in [0.717, 1.165) is 31.7 Å². The molecule has 0 spiro atoms. The van der Waals surface area contributed by atoms with Crippen molar-refractivity contribution in [3.05, 3.63) is 35.4 Å². The number of halogens is 3. The number of nitrogens with one attached hydrogen (secondary N) is 1. The van der Waals surface area contributed by atoms with Crippen LogP contribution >= 0.6 is 0 Å². The Balaban J connectivity index is 2.22. The van der Waals surface area contributed by atoms with Crippen LogP contribution in [0.5, 0.6) is 0 Å². The minimum Gasteiger partial charge on any atom is -0.394 e. The van der Waals surface area contributed by atoms with E-state index in [1.54, 1.807) is 6.07 Å². The third kappa shape index (κ3) is 3.48. The minimum atomic E-state index is -4.39. The molecule has 1 aliphatic carbocycles. The normalized spacial score (nSPS) is 18.7. The van der Waals surface area contributed by atoms with Gasteiger partial charge in [0.05, 0.1) is 18.2 Å². The van der Waals surface area contributed by atoms with Gasteiger partial charge in [-0.05, 0) is 24.5 Å². The summed E-state index contributed by atoms with van der Waals surface area (Å²) in [5.74, 6) is 0. The summed E-state index contributed by atoms with van der Waals surface area (Å²) in [6.45, 7) is -0.330. The molecule has 0 saturated heterocycles. The van der Waals surface area contributed by atoms with E-state index >= 15 is 0 Å². The summed E-state index contributed by atoms with van der Waals surface area (Å²) in [5, 5.41) is 12.5. The zero-order valence-corrected chi connectivity index (χ0v) is 10.6. The molecule has 1 unspecified atom stereocenters. The van der Waals surface area contributed by atoms with Gasteiger partial charge >= 0.3 is 6.18 Å². The summed E-state index contributed by atoms with van der Waals surface area (Å²) < 4.78 is 38.8. The summed E-state index contributed by atoms with van der Waals surface area (Å²) in [6.07, 6.45) is -0.274. The number of hydrogen-bond donors (Lipinski definition) is 2. The van der Waals surface area contributed by atoms with Crippen LogP contribution in [0.15, 0.2) is 24.3 Å². The Morgan fingerprint density at radius 1 is 1.21 bits per heavy atom. The third-order valence-electron chi connectivity index (χ3n) is 3.62. The quantitative estimate of drug-likeness (QED) is 0.882. The molecule has 2 N–H and O–H groups in total. The lowest BCUT2D eigenvalue weighted by molar-refractivity contribution is -0.138. The van der Waals surface area contributed by atoms with Gasteiger partial charge < -0.3 is 10.4 Å². The Bertz CT molecular complexity index is 413. The van der Waals surface area contributed by atoms with Crippen LogP contribution in [0.25, 0.3) is 0 Å². The Morgan fingerprint density at radius 2 is 1.84 bits per heavy atom. The van der Waals surface area contributed by atoms with E-state index in [1.165, 1.54) is 12.1 Å². The average Bonchev–Trinajstić information content (AvgIpc) is 2.88. The summed E-state index contributed by atoms with van der Waals surface area (Å²) in [4.78, 5) is 0. The monoisotopic (exact) mass is 273 g/mol. The molecule has 1 aromatic rings. The maximum Gasteiger partial charge on any atom is 0.416 e. The maximum absolute atomic E-state index is 12.9. The Hall–Kier alpha value is -1.07. The van der Waals surface area contributed by atoms with Crippen molar-refractivity contribution < 1.29 is 18.3 Å². The van der Waals surface area contributed by atoms with E-state index in [1.807, 2.05) is 0 Å². The third-order valence-corrected chi connectivity index (χ3v) is 3.62. The molecule has 0 bridgehead atoms. The fraction of sp³-hybridized carbons (Fsp3) is 0.571. The van der Waals surface area contributed by atoms with Gasteiger partial charge in [0.25, 0.3) is 0 Å². The molecule has 0 radical (unpaired) electrons. The molecule has 1 aliphatic rings. The lowest BCUT2D eigenvalue weighted by Gasteiger charge is -2.24. The molecule has 1 fully saturated rings. The number of aliphatic hydroxyl groups is 1. The molecule has 1 saturated carbocycles. The van der Waals surface area contributed by atoms with Gasteiger partial charge in [-0.1, -0.05) is 31.0 Å². The van der Waals surface area contributed by atoms with E-state index in [4.69, 9.17) is 0 Å². The van der Waals surface area contributed by atoms with E-state index in [9.17, 15) is 18.3 Å². The van der Waals surface area contributed by atoms with E-state index in [0.29, 0.717) is 0 Å². The smallest absolute Gasteiger partial charge is 0.394 e. The lowest BCUT2D eigenvalue weighted by Crippen LogP contribution is -2.34. The lowest BCUT2D eigenvalue weighted by atomic mass is 9.99. The van der Waals surface area contributed by atoms with Crippen molar-refractivity contribution in [1.82, 2.24) is 5.32 Å². The summed E-state index contributed by atoms with van der Waals surface area (Å²) >= 11 is 0. The molecule has 19 heavy (non-hydrogen) atoms. The molecule has 1 atom stereocenters. The molecular weight excluding hydrogens is 255 g/mol. The van der Waals surface area contributed by atoms with Gasteiger partial charge in [-0.15, -0.1) is 0 Å². The molecule has 5 heteroatoms. The standard InChI is InChI=1S/C14H18F3NO/c15-14(16,17)12-8-4-3-7-11(12)13(9-19)18-10-5-1-2-6-10/h3-4,7-8,10,13,18-19H,1-2,5-6,9H2. The minimum absolute atomic E-state index is 0.129. The first kappa shape index (κ1) is 14.3. The van der Waals surface area contributed by atoms with Gasteiger partial charge in [0.15, 0.2) is 0 Å². The highest BCUT2D eigenvalue weighted by Crippen LogP contribution is 2.35. The average molecular weight is 273 g/mol. The van der Waals surface area contributed by atoms with Gasteiger partial charge in [-0.2, -0.15) is 13.2 Å². The Labute approximate surface area is 110 Å². The van der Waals surface area contributed by atoms with E-state index in [-0.39, 0.29) is 18.2 Å². The number of alkyl halides is 3. The molecule has 2 rings (SSSR count). The molecule has 0 aliphatic heterocycles. The molecule has 106 valence electrons. The topological polar surface area (TPSA) is 32.3 Å². The predicted molar refractivity (Wildman–Crippen MR) is 66.7 cm³/mol. The zero-order valence-electron chi connectivity index (χ0n) is 10.6. The first-order valence-electron chi connectivity index (χ1n) is 6.55. The number of benzene rings is 1. The molecule has 0 aromatic heterocycles. The summed E-state index contributed by atoms with van der Waals surface area (Å²) in [5.41, 5.74) is -0.538. The second kappa shape index (κ2) is 5.92. The van der Waals surface area contributed by atoms with Crippen LogP contribution in [-0.2, 0) is 6.18 Å². The highest BCUT2D eigenvalue weighted by molar-refractivity contribution is 5.32. The fourth-order valence-corrected chi connectivity index (χ4v) is 2.68. The van der Waals surface area contributed by atoms with Crippen LogP contribution in [0.2, 0.25) is 0 Å². The van der Waals surface area contributed by atoms with Gasteiger partial charge in [-0.25, -0.2) is 0 Å². The molecule has 0 heterocycles. The van der Waals surface area contributed by atoms with Crippen molar-refractivity contribution in [3.63, 3.8) is 0 Å². The van der Waals surface area contributed by atoms with Crippen molar-refractivity contribution in [2.24, 2.45) is 0 Å². The number of aliphatic hydroxyl groups excluding tert-OH is 1. The second-order valence-corrected chi connectivity index (χ2v) is 4.97. The largest absolute Gasteiger partial charge is 0.416 e.